The number of anilines is 1. The third-order valence-corrected chi connectivity index (χ3v) is 6.16. The summed E-state index contributed by atoms with van der Waals surface area (Å²) in [6.07, 6.45) is 1.55. The van der Waals surface area contributed by atoms with Gasteiger partial charge in [0.15, 0.2) is 5.16 Å². The van der Waals surface area contributed by atoms with Crippen LogP contribution in [0.25, 0.3) is 0 Å². The van der Waals surface area contributed by atoms with Gasteiger partial charge in [0.05, 0.1) is 10.7 Å². The molecule has 10 heteroatoms. The molecule has 6 nitrogen and oxygen atoms in total. The first-order valence-electron chi connectivity index (χ1n) is 6.95. The number of rotatable bonds is 5. The van der Waals surface area contributed by atoms with Crippen LogP contribution in [0.15, 0.2) is 63.7 Å². The van der Waals surface area contributed by atoms with Crippen molar-refractivity contribution in [1.82, 2.24) is 14.8 Å². The zero-order valence-electron chi connectivity index (χ0n) is 12.8. The molecule has 0 aliphatic carbocycles. The Labute approximate surface area is 153 Å². The van der Waals surface area contributed by atoms with Gasteiger partial charge in [0.2, 0.25) is 0 Å². The molecule has 0 bridgehead atoms. The number of nitrogens with zero attached hydrogens (tertiary/aromatic N) is 3. The van der Waals surface area contributed by atoms with Crippen molar-refractivity contribution in [3.05, 3.63) is 59.6 Å². The molecule has 1 N–H and O–H groups in total. The molecule has 0 saturated carbocycles. The summed E-state index contributed by atoms with van der Waals surface area (Å²) in [6, 6.07) is 9.97. The fourth-order valence-electron chi connectivity index (χ4n) is 2.00. The standard InChI is InChI=1S/C15H12ClFN4O2S2/c1-21-9-18-19-15(21)24-13-5-3-2-4-12(13)20-25(22,23)14-7-6-10(17)8-11(14)16/h2-9,20H,1H3. The number of hydrogen-bond donors (Lipinski definition) is 1. The molecule has 3 aromatic rings. The van der Waals surface area contributed by atoms with E-state index in [2.05, 4.69) is 14.9 Å². The first-order chi connectivity index (χ1) is 11.9. The van der Waals surface area contributed by atoms with Gasteiger partial charge in [-0.15, -0.1) is 10.2 Å². The molecule has 0 radical (unpaired) electrons. The van der Waals surface area contributed by atoms with Crippen molar-refractivity contribution < 1.29 is 12.8 Å². The first-order valence-corrected chi connectivity index (χ1v) is 9.63. The fourth-order valence-corrected chi connectivity index (χ4v) is 4.52. The van der Waals surface area contributed by atoms with Crippen molar-refractivity contribution in [3.8, 4) is 0 Å². The molecule has 0 saturated heterocycles. The summed E-state index contributed by atoms with van der Waals surface area (Å²) >= 11 is 7.13. The van der Waals surface area contributed by atoms with Gasteiger partial charge in [-0.25, -0.2) is 12.8 Å². The molecule has 0 aliphatic heterocycles. The second-order valence-corrected chi connectivity index (χ2v) is 8.07. The van der Waals surface area contributed by atoms with E-state index in [-0.39, 0.29) is 9.92 Å². The van der Waals surface area contributed by atoms with Gasteiger partial charge in [-0.1, -0.05) is 23.7 Å². The van der Waals surface area contributed by atoms with E-state index in [4.69, 9.17) is 11.6 Å². The number of para-hydroxylation sites is 1. The Morgan fingerprint density at radius 2 is 2.00 bits per heavy atom. The van der Waals surface area contributed by atoms with E-state index in [1.54, 1.807) is 42.2 Å². The fraction of sp³-hybridized carbons (Fsp3) is 0.0667. The van der Waals surface area contributed by atoms with E-state index in [9.17, 15) is 12.8 Å². The predicted octanol–water partition coefficient (Wildman–Crippen LogP) is 3.56. The van der Waals surface area contributed by atoms with Crippen molar-refractivity contribution >= 4 is 39.1 Å². The average Bonchev–Trinajstić information content (AvgIpc) is 2.93. The maximum absolute atomic E-state index is 13.2. The highest BCUT2D eigenvalue weighted by Gasteiger charge is 2.20. The number of aromatic nitrogens is 3. The monoisotopic (exact) mass is 398 g/mol. The maximum Gasteiger partial charge on any atom is 0.263 e. The summed E-state index contributed by atoms with van der Waals surface area (Å²) in [5, 5.41) is 8.17. The molecule has 0 unspecified atom stereocenters. The second kappa shape index (κ2) is 7.03. The van der Waals surface area contributed by atoms with E-state index < -0.39 is 15.8 Å². The zero-order chi connectivity index (χ0) is 18.0. The maximum atomic E-state index is 13.2. The predicted molar refractivity (Wildman–Crippen MR) is 93.8 cm³/mol. The van der Waals surface area contributed by atoms with Gasteiger partial charge in [0, 0.05) is 11.9 Å². The normalized spacial score (nSPS) is 11.5. The lowest BCUT2D eigenvalue weighted by Gasteiger charge is -2.13. The first kappa shape index (κ1) is 17.7. The van der Waals surface area contributed by atoms with Crippen LogP contribution in [0, 0.1) is 5.82 Å². The van der Waals surface area contributed by atoms with Gasteiger partial charge >= 0.3 is 0 Å². The van der Waals surface area contributed by atoms with Crippen molar-refractivity contribution in [2.45, 2.75) is 14.9 Å². The van der Waals surface area contributed by atoms with Crippen LogP contribution in [0.4, 0.5) is 10.1 Å². The third kappa shape index (κ3) is 3.94. The van der Waals surface area contributed by atoms with Crippen LogP contribution in [0.5, 0.6) is 0 Å². The lowest BCUT2D eigenvalue weighted by Crippen LogP contribution is -2.14. The number of aryl methyl sites for hydroxylation is 1. The average molecular weight is 399 g/mol. The lowest BCUT2D eigenvalue weighted by atomic mass is 10.3. The number of benzene rings is 2. The molecule has 0 atom stereocenters. The summed E-state index contributed by atoms with van der Waals surface area (Å²) < 4.78 is 42.5. The number of halogens is 2. The third-order valence-electron chi connectivity index (χ3n) is 3.19. The Morgan fingerprint density at radius 3 is 2.68 bits per heavy atom. The van der Waals surface area contributed by atoms with Crippen LogP contribution in [-0.2, 0) is 17.1 Å². The lowest BCUT2D eigenvalue weighted by molar-refractivity contribution is 0.599. The molecular weight excluding hydrogens is 387 g/mol. The Bertz CT molecular complexity index is 1020. The molecule has 1 aromatic heterocycles. The highest BCUT2D eigenvalue weighted by atomic mass is 35.5. The molecule has 130 valence electrons. The Hall–Kier alpha value is -2.10. The molecule has 3 rings (SSSR count). The summed E-state index contributed by atoms with van der Waals surface area (Å²) in [5.74, 6) is -0.609. The van der Waals surface area contributed by atoms with Crippen LogP contribution in [0.2, 0.25) is 5.02 Å². The van der Waals surface area contributed by atoms with Crippen LogP contribution >= 0.6 is 23.4 Å². The molecule has 1 heterocycles. The summed E-state index contributed by atoms with van der Waals surface area (Å²) in [4.78, 5) is 0.439. The largest absolute Gasteiger partial charge is 0.311 e. The quantitative estimate of drug-likeness (QED) is 0.711. The van der Waals surface area contributed by atoms with E-state index in [0.29, 0.717) is 15.7 Å². The number of nitrogens with one attached hydrogen (secondary N) is 1. The topological polar surface area (TPSA) is 76.9 Å². The van der Waals surface area contributed by atoms with E-state index in [1.165, 1.54) is 11.8 Å². The van der Waals surface area contributed by atoms with E-state index >= 15 is 0 Å². The molecule has 25 heavy (non-hydrogen) atoms. The van der Waals surface area contributed by atoms with Gasteiger partial charge in [0.25, 0.3) is 10.0 Å². The van der Waals surface area contributed by atoms with Crippen molar-refractivity contribution in [1.29, 1.82) is 0 Å². The van der Waals surface area contributed by atoms with Gasteiger partial charge in [-0.05, 0) is 42.1 Å². The molecule has 2 aromatic carbocycles. The summed E-state index contributed by atoms with van der Waals surface area (Å²) in [5.41, 5.74) is 0.357. The van der Waals surface area contributed by atoms with Crippen molar-refractivity contribution in [2.24, 2.45) is 7.05 Å². The van der Waals surface area contributed by atoms with Gasteiger partial charge < -0.3 is 4.57 Å². The van der Waals surface area contributed by atoms with E-state index in [1.807, 2.05) is 0 Å². The molecular formula is C15H12ClFN4O2S2. The minimum absolute atomic E-state index is 0.189. The summed E-state index contributed by atoms with van der Waals surface area (Å²) in [6.45, 7) is 0. The van der Waals surface area contributed by atoms with Crippen LogP contribution in [-0.4, -0.2) is 23.2 Å². The van der Waals surface area contributed by atoms with Crippen molar-refractivity contribution in [3.63, 3.8) is 0 Å². The molecule has 0 spiro atoms. The second-order valence-electron chi connectivity index (χ2n) is 5.00. The highest BCUT2D eigenvalue weighted by molar-refractivity contribution is 7.99. The molecule has 0 fully saturated rings. The highest BCUT2D eigenvalue weighted by Crippen LogP contribution is 2.33. The zero-order valence-corrected chi connectivity index (χ0v) is 15.2. The number of sulfonamides is 1. The molecule has 0 amide bonds. The van der Waals surface area contributed by atoms with Crippen molar-refractivity contribution in [2.75, 3.05) is 4.72 Å². The van der Waals surface area contributed by atoms with E-state index in [0.717, 1.165) is 18.2 Å². The minimum atomic E-state index is -3.98. The Kier molecular flexibility index (Phi) is 4.98. The van der Waals surface area contributed by atoms with Gasteiger partial charge in [0.1, 0.15) is 17.0 Å². The Morgan fingerprint density at radius 1 is 1.24 bits per heavy atom. The SMILES string of the molecule is Cn1cnnc1Sc1ccccc1NS(=O)(=O)c1ccc(F)cc1Cl. The van der Waals surface area contributed by atoms with Crippen LogP contribution in [0.1, 0.15) is 0 Å². The molecule has 0 aliphatic rings. The minimum Gasteiger partial charge on any atom is -0.311 e. The Balaban J connectivity index is 1.94. The number of hydrogen-bond acceptors (Lipinski definition) is 5. The summed E-state index contributed by atoms with van der Waals surface area (Å²) in [7, 11) is -2.19. The van der Waals surface area contributed by atoms with Crippen LogP contribution in [0.3, 0.4) is 0 Å². The van der Waals surface area contributed by atoms with Crippen LogP contribution < -0.4 is 4.72 Å². The van der Waals surface area contributed by atoms with Gasteiger partial charge in [-0.3, -0.25) is 4.72 Å². The van der Waals surface area contributed by atoms with Gasteiger partial charge in [-0.2, -0.15) is 0 Å². The smallest absolute Gasteiger partial charge is 0.263 e.